The van der Waals surface area contributed by atoms with Crippen LogP contribution in [-0.2, 0) is 4.74 Å². The summed E-state index contributed by atoms with van der Waals surface area (Å²) < 4.78 is 48.0. The van der Waals surface area contributed by atoms with E-state index in [9.17, 15) is 18.0 Å². The Labute approximate surface area is 113 Å². The molecule has 2 unspecified atom stereocenters. The van der Waals surface area contributed by atoms with E-state index in [0.29, 0.717) is 12.8 Å². The van der Waals surface area contributed by atoms with Crippen molar-refractivity contribution in [3.8, 4) is 0 Å². The molecule has 0 aromatic carbocycles. The molecule has 1 aliphatic rings. The zero-order valence-corrected chi connectivity index (χ0v) is 10.9. The zero-order chi connectivity index (χ0) is 14.8. The summed E-state index contributed by atoms with van der Waals surface area (Å²) in [5.74, 6) is -2.78. The molecule has 0 saturated heterocycles. The van der Waals surface area contributed by atoms with Gasteiger partial charge in [-0.25, -0.2) is 4.79 Å². The maximum absolute atomic E-state index is 12.7. The van der Waals surface area contributed by atoms with Gasteiger partial charge in [0.1, 0.15) is 0 Å². The Morgan fingerprint density at radius 3 is 2.80 bits per heavy atom. The number of hydrogen-bond acceptors (Lipinski definition) is 5. The highest BCUT2D eigenvalue weighted by Crippen LogP contribution is 2.43. The molecule has 0 bridgehead atoms. The lowest BCUT2D eigenvalue weighted by Gasteiger charge is -2.28. The van der Waals surface area contributed by atoms with Crippen molar-refractivity contribution in [3.63, 3.8) is 0 Å². The molecule has 0 aliphatic heterocycles. The topological polar surface area (TPSA) is 65.2 Å². The van der Waals surface area contributed by atoms with Crippen LogP contribution in [0.15, 0.2) is 4.42 Å². The van der Waals surface area contributed by atoms with Crippen LogP contribution in [0, 0.1) is 5.92 Å². The molecule has 20 heavy (non-hydrogen) atoms. The second-order valence-corrected chi connectivity index (χ2v) is 4.77. The summed E-state index contributed by atoms with van der Waals surface area (Å²) in [4.78, 5) is 11.4. The highest BCUT2D eigenvalue weighted by molar-refractivity contribution is 5.83. The summed E-state index contributed by atoms with van der Waals surface area (Å²) in [6, 6.07) is 0. The third-order valence-electron chi connectivity index (χ3n) is 3.38. The van der Waals surface area contributed by atoms with E-state index in [-0.39, 0.29) is 31.2 Å². The lowest BCUT2D eigenvalue weighted by Crippen LogP contribution is -2.28. The molecule has 1 aliphatic carbocycles. The van der Waals surface area contributed by atoms with Gasteiger partial charge in [0.15, 0.2) is 0 Å². The highest BCUT2D eigenvalue weighted by Gasteiger charge is 2.43. The highest BCUT2D eigenvalue weighted by atomic mass is 19.4. The van der Waals surface area contributed by atoms with Crippen LogP contribution in [0.3, 0.4) is 0 Å². The van der Waals surface area contributed by atoms with Gasteiger partial charge in [-0.15, -0.1) is 10.2 Å². The molecule has 1 aromatic heterocycles. The number of rotatable bonds is 3. The van der Waals surface area contributed by atoms with Crippen molar-refractivity contribution in [2.75, 3.05) is 6.61 Å². The smallest absolute Gasteiger partial charge is 0.396 e. The second kappa shape index (κ2) is 5.80. The van der Waals surface area contributed by atoms with Gasteiger partial charge >= 0.3 is 18.0 Å². The number of carbonyl (C=O) groups is 1. The molecule has 1 heterocycles. The average Bonchev–Trinajstić information content (AvgIpc) is 2.88. The Kier molecular flexibility index (Phi) is 4.29. The Bertz CT molecular complexity index is 473. The van der Waals surface area contributed by atoms with E-state index >= 15 is 0 Å². The van der Waals surface area contributed by atoms with Gasteiger partial charge in [-0.05, 0) is 26.2 Å². The number of hydrogen-bond donors (Lipinski definition) is 0. The van der Waals surface area contributed by atoms with Crippen molar-refractivity contribution in [2.24, 2.45) is 5.92 Å². The van der Waals surface area contributed by atoms with Crippen LogP contribution >= 0.6 is 0 Å². The van der Waals surface area contributed by atoms with Gasteiger partial charge in [-0.3, -0.25) is 0 Å². The molecular formula is C12H15F3N2O3. The van der Waals surface area contributed by atoms with E-state index in [1.54, 1.807) is 6.92 Å². The molecular weight excluding hydrogens is 277 g/mol. The van der Waals surface area contributed by atoms with Crippen LogP contribution < -0.4 is 0 Å². The van der Waals surface area contributed by atoms with Crippen molar-refractivity contribution >= 4 is 5.97 Å². The fourth-order valence-electron chi connectivity index (χ4n) is 2.39. The molecule has 2 atom stereocenters. The number of esters is 1. The molecule has 8 heteroatoms. The summed E-state index contributed by atoms with van der Waals surface area (Å²) >= 11 is 0. The van der Waals surface area contributed by atoms with Crippen LogP contribution in [0.5, 0.6) is 0 Å². The quantitative estimate of drug-likeness (QED) is 0.801. The predicted octanol–water partition coefficient (Wildman–Crippen LogP) is 3.08. The van der Waals surface area contributed by atoms with Crippen LogP contribution in [0.1, 0.15) is 55.1 Å². The first kappa shape index (κ1) is 14.8. The normalized spacial score (nSPS) is 23.6. The van der Waals surface area contributed by atoms with Crippen molar-refractivity contribution in [3.05, 3.63) is 11.8 Å². The van der Waals surface area contributed by atoms with Crippen molar-refractivity contribution in [1.82, 2.24) is 10.2 Å². The van der Waals surface area contributed by atoms with Crippen LogP contribution in [0.4, 0.5) is 13.2 Å². The molecule has 1 saturated carbocycles. The summed E-state index contributed by atoms with van der Waals surface area (Å²) in [5.41, 5.74) is 0. The Morgan fingerprint density at radius 1 is 1.40 bits per heavy atom. The monoisotopic (exact) mass is 292 g/mol. The fourth-order valence-corrected chi connectivity index (χ4v) is 2.39. The van der Waals surface area contributed by atoms with Gasteiger partial charge in [0.2, 0.25) is 5.89 Å². The Balaban J connectivity index is 2.06. The maximum Gasteiger partial charge on any atom is 0.396 e. The summed E-state index contributed by atoms with van der Waals surface area (Å²) in [6.07, 6.45) is -3.15. The number of alkyl halides is 3. The van der Waals surface area contributed by atoms with Gasteiger partial charge in [-0.1, -0.05) is 6.42 Å². The molecule has 1 fully saturated rings. The largest absolute Gasteiger partial charge is 0.459 e. The Morgan fingerprint density at radius 2 is 2.15 bits per heavy atom. The third kappa shape index (κ3) is 3.29. The average molecular weight is 292 g/mol. The van der Waals surface area contributed by atoms with E-state index in [1.165, 1.54) is 0 Å². The van der Waals surface area contributed by atoms with E-state index in [2.05, 4.69) is 14.9 Å². The number of halogens is 3. The first-order valence-electron chi connectivity index (χ1n) is 6.49. The maximum atomic E-state index is 12.7. The number of nitrogens with zero attached hydrogens (tertiary/aromatic N) is 2. The minimum atomic E-state index is -4.21. The molecule has 0 spiro atoms. The number of ether oxygens (including phenoxy) is 1. The molecule has 1 aromatic rings. The zero-order valence-electron chi connectivity index (χ0n) is 10.9. The van der Waals surface area contributed by atoms with E-state index in [0.717, 1.165) is 0 Å². The standard InChI is InChI=1S/C12H15F3N2O3/c1-2-19-11(18)10-17-16-9(20-10)7-4-3-5-8(6-7)12(13,14)15/h7-8H,2-6H2,1H3. The number of carbonyl (C=O) groups excluding carboxylic acids is 1. The lowest BCUT2D eigenvalue weighted by molar-refractivity contribution is -0.183. The van der Waals surface area contributed by atoms with Crippen LogP contribution in [-0.4, -0.2) is 28.9 Å². The van der Waals surface area contributed by atoms with Crippen LogP contribution in [0.25, 0.3) is 0 Å². The fraction of sp³-hybridized carbons (Fsp3) is 0.750. The van der Waals surface area contributed by atoms with Gasteiger partial charge in [0, 0.05) is 5.92 Å². The molecule has 0 N–H and O–H groups in total. The first-order chi connectivity index (χ1) is 9.41. The predicted molar refractivity (Wildman–Crippen MR) is 61.0 cm³/mol. The molecule has 2 rings (SSSR count). The van der Waals surface area contributed by atoms with Gasteiger partial charge in [0.25, 0.3) is 0 Å². The van der Waals surface area contributed by atoms with E-state index in [1.807, 2.05) is 0 Å². The molecule has 5 nitrogen and oxygen atoms in total. The summed E-state index contributed by atoms with van der Waals surface area (Å²) in [5, 5.41) is 7.20. The van der Waals surface area contributed by atoms with Crippen molar-refractivity contribution in [1.29, 1.82) is 0 Å². The van der Waals surface area contributed by atoms with Gasteiger partial charge in [0.05, 0.1) is 12.5 Å². The minimum Gasteiger partial charge on any atom is -0.459 e. The minimum absolute atomic E-state index is 0.0754. The lowest BCUT2D eigenvalue weighted by atomic mass is 9.81. The van der Waals surface area contributed by atoms with Crippen molar-refractivity contribution in [2.45, 2.75) is 44.7 Å². The van der Waals surface area contributed by atoms with E-state index < -0.39 is 24.0 Å². The number of aromatic nitrogens is 2. The molecule has 112 valence electrons. The molecule has 0 radical (unpaired) electrons. The second-order valence-electron chi connectivity index (χ2n) is 4.77. The summed E-state index contributed by atoms with van der Waals surface area (Å²) in [6.45, 7) is 1.79. The van der Waals surface area contributed by atoms with Crippen molar-refractivity contribution < 1.29 is 27.1 Å². The first-order valence-corrected chi connectivity index (χ1v) is 6.49. The third-order valence-corrected chi connectivity index (χ3v) is 3.38. The SMILES string of the molecule is CCOC(=O)c1nnc(C2CCCC(C(F)(F)F)C2)o1. The Hall–Kier alpha value is -1.60. The van der Waals surface area contributed by atoms with E-state index in [4.69, 9.17) is 4.42 Å². The van der Waals surface area contributed by atoms with Crippen LogP contribution in [0.2, 0.25) is 0 Å². The van der Waals surface area contributed by atoms with Gasteiger partial charge < -0.3 is 9.15 Å². The molecule has 0 amide bonds. The summed E-state index contributed by atoms with van der Waals surface area (Å²) in [7, 11) is 0. The van der Waals surface area contributed by atoms with Gasteiger partial charge in [-0.2, -0.15) is 13.2 Å².